The second-order valence-electron chi connectivity index (χ2n) is 17.4. The number of aromatic carboxylic acids is 1. The molecule has 9 rings (SSSR count). The van der Waals surface area contributed by atoms with Crippen LogP contribution in [-0.4, -0.2) is 65.0 Å². The maximum Gasteiger partial charge on any atom is 0.337 e. The first kappa shape index (κ1) is 55.6. The number of halogens is 2. The Morgan fingerprint density at radius 1 is 0.560 bits per heavy atom. The molecule has 1 unspecified atom stereocenters. The van der Waals surface area contributed by atoms with E-state index in [9.17, 15) is 28.8 Å². The molecule has 0 aliphatic carbocycles. The normalized spacial score (nSPS) is 12.0. The number of aromatic nitrogens is 2. The van der Waals surface area contributed by atoms with E-state index in [0.29, 0.717) is 73.8 Å². The largest absolute Gasteiger partial charge is 0.481 e. The molecular formula is C59H54Cl2N4O10. The first-order valence-electron chi connectivity index (χ1n) is 23.5. The van der Waals surface area contributed by atoms with Crippen molar-refractivity contribution in [2.24, 2.45) is 7.05 Å². The van der Waals surface area contributed by atoms with Crippen molar-refractivity contribution in [2.75, 3.05) is 10.6 Å². The number of rotatable bonds is 14. The average Bonchev–Trinajstić information content (AvgIpc) is 4.11. The molecule has 1 atom stereocenters. The lowest BCUT2D eigenvalue weighted by Crippen LogP contribution is -2.11. The van der Waals surface area contributed by atoms with Gasteiger partial charge < -0.3 is 40.2 Å². The fraction of sp³-hybridized carbons (Fsp3) is 0.153. The number of hydrogen-bond donors (Lipinski definition) is 6. The van der Waals surface area contributed by atoms with Crippen molar-refractivity contribution in [3.63, 3.8) is 0 Å². The first-order chi connectivity index (χ1) is 35.8. The maximum atomic E-state index is 12.4. The number of aryl methyl sites for hydroxylation is 2. The molecule has 0 fully saturated rings. The molecule has 16 heteroatoms. The van der Waals surface area contributed by atoms with E-state index in [1.54, 1.807) is 115 Å². The van der Waals surface area contributed by atoms with Crippen molar-refractivity contribution < 1.29 is 49.2 Å². The van der Waals surface area contributed by atoms with Crippen LogP contribution in [0.25, 0.3) is 0 Å². The second-order valence-corrected chi connectivity index (χ2v) is 18.2. The lowest BCUT2D eigenvalue weighted by molar-refractivity contribution is -0.139. The Balaban J connectivity index is 0.000000163. The Kier molecular flexibility index (Phi) is 19.1. The second kappa shape index (κ2) is 25.8. The number of ketones is 2. The molecule has 8 aromatic rings. The van der Waals surface area contributed by atoms with Gasteiger partial charge in [0.1, 0.15) is 0 Å². The van der Waals surface area contributed by atoms with Crippen LogP contribution in [0.4, 0.5) is 22.7 Å². The standard InChI is InChI=1S/C15H13NO3.C15H15NO3.C15H15NO2.C14H11Cl2NO2/c17-14(10-4-2-1-3-5-10)13-7-6-12-11(15(18)19)8-9-16(12)13;1-10-3-5-11(6-4-10)15(19)13-8-7-12(16(13)2)9-14(17)18;1-10-6-5-9-13(11(10)2)16-14-8-4-3-7-12(14)15(17)18;15-10-5-3-6-11(16)14(10)17-12-7-2-1-4-9(12)8-13(18)19/h1-7,11H,8-9H2,(H,18,19);3-8H,9H2,1-2H3,(H,17,18);3-9,16H,1-2H3,(H,17,18);1-7,17H,8H2,(H,18,19). The average molecular weight is 1050 g/mol. The van der Waals surface area contributed by atoms with Gasteiger partial charge in [0.2, 0.25) is 11.6 Å². The molecule has 0 saturated carbocycles. The number of anilines is 4. The highest BCUT2D eigenvalue weighted by molar-refractivity contribution is 6.39. The number of nitrogens with zero attached hydrogens (tertiary/aromatic N) is 2. The monoisotopic (exact) mass is 1050 g/mol. The predicted octanol–water partition coefficient (Wildman–Crippen LogP) is 12.6. The topological polar surface area (TPSA) is 217 Å². The van der Waals surface area contributed by atoms with E-state index < -0.39 is 29.8 Å². The van der Waals surface area contributed by atoms with Crippen LogP contribution >= 0.6 is 23.2 Å². The third-order valence-electron chi connectivity index (χ3n) is 12.3. The van der Waals surface area contributed by atoms with Crippen molar-refractivity contribution in [1.29, 1.82) is 0 Å². The Labute approximate surface area is 443 Å². The summed E-state index contributed by atoms with van der Waals surface area (Å²) in [6.07, 6.45) is 0.406. The van der Waals surface area contributed by atoms with Gasteiger partial charge in [0.15, 0.2) is 0 Å². The number of aliphatic carboxylic acids is 3. The minimum atomic E-state index is -0.927. The summed E-state index contributed by atoms with van der Waals surface area (Å²) in [4.78, 5) is 68.5. The van der Waals surface area contributed by atoms with E-state index in [0.717, 1.165) is 22.5 Å². The molecule has 384 valence electrons. The zero-order valence-corrected chi connectivity index (χ0v) is 42.9. The summed E-state index contributed by atoms with van der Waals surface area (Å²) in [7, 11) is 1.71. The van der Waals surface area contributed by atoms with Crippen LogP contribution in [-0.2, 0) is 40.8 Å². The molecule has 14 nitrogen and oxygen atoms in total. The highest BCUT2D eigenvalue weighted by Gasteiger charge is 2.31. The zero-order chi connectivity index (χ0) is 54.3. The van der Waals surface area contributed by atoms with Crippen LogP contribution in [0.2, 0.25) is 10.0 Å². The van der Waals surface area contributed by atoms with Gasteiger partial charge in [0.05, 0.1) is 57.1 Å². The van der Waals surface area contributed by atoms with Crippen LogP contribution in [0.1, 0.15) is 88.4 Å². The van der Waals surface area contributed by atoms with Crippen LogP contribution in [0.15, 0.2) is 164 Å². The SMILES string of the molecule is Cc1ccc(C(=O)c2ccc(CC(=O)O)n2C)cc1.Cc1cccc(Nc2ccccc2C(=O)O)c1C.O=C(O)Cc1ccccc1Nc1c(Cl)cccc1Cl.O=C(c1ccccc1)c1ccc2n1CCC2C(=O)O. The lowest BCUT2D eigenvalue weighted by atomic mass is 10.1. The summed E-state index contributed by atoms with van der Waals surface area (Å²) in [5.74, 6) is -4.19. The third-order valence-corrected chi connectivity index (χ3v) is 12.9. The minimum Gasteiger partial charge on any atom is -0.481 e. The number of nitrogens with one attached hydrogen (secondary N) is 2. The number of hydrogen-bond acceptors (Lipinski definition) is 8. The minimum absolute atomic E-state index is 0.0575. The molecule has 6 N–H and O–H groups in total. The third kappa shape index (κ3) is 14.5. The lowest BCUT2D eigenvalue weighted by Gasteiger charge is -2.13. The number of carboxylic acids is 4. The highest BCUT2D eigenvalue weighted by Crippen LogP contribution is 2.34. The number of carbonyl (C=O) groups is 6. The number of fused-ring (bicyclic) bond motifs is 1. The Hall–Kier alpha value is -8.72. The van der Waals surface area contributed by atoms with E-state index in [1.165, 1.54) is 5.56 Å². The molecule has 0 bridgehead atoms. The molecule has 0 amide bonds. The molecule has 0 saturated heterocycles. The molecule has 1 aliphatic heterocycles. The number of carboxylic acid groups (broad SMARTS) is 4. The Morgan fingerprint density at radius 2 is 1.12 bits per heavy atom. The summed E-state index contributed by atoms with van der Waals surface area (Å²) in [6.45, 7) is 6.60. The number of benzene rings is 6. The van der Waals surface area contributed by atoms with E-state index in [4.69, 9.17) is 43.6 Å². The van der Waals surface area contributed by atoms with Crippen LogP contribution < -0.4 is 10.6 Å². The summed E-state index contributed by atoms with van der Waals surface area (Å²) in [5, 5.41) is 43.2. The highest BCUT2D eigenvalue weighted by atomic mass is 35.5. The quantitative estimate of drug-likeness (QED) is 0.0561. The molecule has 6 aromatic carbocycles. The smallest absolute Gasteiger partial charge is 0.337 e. The van der Waals surface area contributed by atoms with Gasteiger partial charge in [0, 0.05) is 47.5 Å². The Bertz CT molecular complexity index is 3350. The van der Waals surface area contributed by atoms with Crippen molar-refractivity contribution in [2.45, 2.75) is 52.5 Å². The van der Waals surface area contributed by atoms with Gasteiger partial charge in [-0.05, 0) is 105 Å². The van der Waals surface area contributed by atoms with Crippen molar-refractivity contribution in [3.8, 4) is 0 Å². The molecule has 3 heterocycles. The summed E-state index contributed by atoms with van der Waals surface area (Å²) < 4.78 is 3.46. The van der Waals surface area contributed by atoms with Crippen LogP contribution in [0.5, 0.6) is 0 Å². The van der Waals surface area contributed by atoms with Crippen molar-refractivity contribution in [3.05, 3.63) is 236 Å². The molecule has 1 aliphatic rings. The first-order valence-corrected chi connectivity index (χ1v) is 24.3. The fourth-order valence-electron chi connectivity index (χ4n) is 8.12. The van der Waals surface area contributed by atoms with E-state index >= 15 is 0 Å². The molecule has 2 aromatic heterocycles. The summed E-state index contributed by atoms with van der Waals surface area (Å²) >= 11 is 12.1. The molecule has 0 spiro atoms. The van der Waals surface area contributed by atoms with Gasteiger partial charge >= 0.3 is 23.9 Å². The summed E-state index contributed by atoms with van der Waals surface area (Å²) in [5.41, 5.74) is 10.8. The van der Waals surface area contributed by atoms with Crippen molar-refractivity contribution in [1.82, 2.24) is 9.13 Å². The molecular weight excluding hydrogens is 996 g/mol. The molecule has 0 radical (unpaired) electrons. The van der Waals surface area contributed by atoms with Gasteiger partial charge in [-0.1, -0.05) is 132 Å². The van der Waals surface area contributed by atoms with Gasteiger partial charge in [-0.15, -0.1) is 0 Å². The number of carbonyl (C=O) groups excluding carboxylic acids is 2. The van der Waals surface area contributed by atoms with Gasteiger partial charge in [-0.3, -0.25) is 24.0 Å². The van der Waals surface area contributed by atoms with Crippen LogP contribution in [0.3, 0.4) is 0 Å². The van der Waals surface area contributed by atoms with E-state index in [1.807, 2.05) is 86.0 Å². The van der Waals surface area contributed by atoms with Gasteiger partial charge in [-0.25, -0.2) is 4.79 Å². The van der Waals surface area contributed by atoms with E-state index in [-0.39, 0.29) is 30.0 Å². The maximum absolute atomic E-state index is 12.4. The van der Waals surface area contributed by atoms with E-state index in [2.05, 4.69) is 10.6 Å². The van der Waals surface area contributed by atoms with Crippen LogP contribution in [0, 0.1) is 20.8 Å². The number of para-hydroxylation sites is 3. The summed E-state index contributed by atoms with van der Waals surface area (Å²) in [6, 6.07) is 48.3. The molecule has 75 heavy (non-hydrogen) atoms. The zero-order valence-electron chi connectivity index (χ0n) is 41.4. The Morgan fingerprint density at radius 3 is 1.76 bits per heavy atom. The van der Waals surface area contributed by atoms with Gasteiger partial charge in [-0.2, -0.15) is 0 Å². The van der Waals surface area contributed by atoms with Crippen molar-refractivity contribution >= 4 is 81.4 Å². The fourth-order valence-corrected chi connectivity index (χ4v) is 8.61. The predicted molar refractivity (Wildman–Crippen MR) is 291 cm³/mol. The van der Waals surface area contributed by atoms with Gasteiger partial charge in [0.25, 0.3) is 0 Å².